The summed E-state index contributed by atoms with van der Waals surface area (Å²) < 4.78 is 34.0. The minimum absolute atomic E-state index is 0.170. The monoisotopic (exact) mass is 461 g/mol. The Morgan fingerprint density at radius 2 is 2.19 bits per heavy atom. The summed E-state index contributed by atoms with van der Waals surface area (Å²) in [5, 5.41) is 3.05. The Balaban J connectivity index is 1.35. The van der Waals surface area contributed by atoms with Crippen molar-refractivity contribution in [1.29, 1.82) is 0 Å². The predicted molar refractivity (Wildman–Crippen MR) is 122 cm³/mol. The van der Waals surface area contributed by atoms with Crippen molar-refractivity contribution in [1.82, 2.24) is 14.9 Å². The lowest BCUT2D eigenvalue weighted by Gasteiger charge is -2.24. The number of carbonyl (C=O) groups is 1. The van der Waals surface area contributed by atoms with Crippen molar-refractivity contribution < 1.29 is 17.9 Å². The number of guanidine groups is 1. The van der Waals surface area contributed by atoms with E-state index < -0.39 is 16.1 Å². The van der Waals surface area contributed by atoms with Crippen LogP contribution >= 0.6 is 0 Å². The van der Waals surface area contributed by atoms with Gasteiger partial charge in [-0.3, -0.25) is 9.79 Å². The Morgan fingerprint density at radius 1 is 1.31 bits per heavy atom. The van der Waals surface area contributed by atoms with Crippen LogP contribution in [0.2, 0.25) is 0 Å². The average molecular weight is 462 g/mol. The van der Waals surface area contributed by atoms with Crippen molar-refractivity contribution in [3.63, 3.8) is 0 Å². The lowest BCUT2D eigenvalue weighted by Crippen LogP contribution is -2.47. The van der Waals surface area contributed by atoms with Gasteiger partial charge in [0.1, 0.15) is 11.8 Å². The van der Waals surface area contributed by atoms with E-state index in [1.54, 1.807) is 17.0 Å². The molecule has 3 aliphatic heterocycles. The van der Waals surface area contributed by atoms with E-state index >= 15 is 0 Å². The molecule has 3 heterocycles. The fourth-order valence-corrected chi connectivity index (χ4v) is 5.50. The van der Waals surface area contributed by atoms with E-state index in [4.69, 9.17) is 10.5 Å². The summed E-state index contributed by atoms with van der Waals surface area (Å²) in [6.07, 6.45) is 7.74. The number of nitrogens with two attached hydrogens (primary N) is 1. The minimum atomic E-state index is -3.80. The highest BCUT2D eigenvalue weighted by atomic mass is 32.2. The molecule has 9 nitrogen and oxygen atoms in total. The molecular formula is C22H31N5O4S. The number of benzene rings is 1. The lowest BCUT2D eigenvalue weighted by molar-refractivity contribution is -0.131. The van der Waals surface area contributed by atoms with E-state index in [2.05, 4.69) is 21.1 Å². The molecule has 0 aromatic heterocycles. The highest BCUT2D eigenvalue weighted by molar-refractivity contribution is 7.89. The molecule has 1 aromatic rings. The SMILES string of the molecule is NC1=NCC(C/C=C/CN2CCCCC(NS(=O)(=O)c3ccc4c(c3)CCO4)C2=O)CN1. The number of hydrogen-bond acceptors (Lipinski definition) is 7. The second kappa shape index (κ2) is 9.91. The Kier molecular flexibility index (Phi) is 7.00. The molecule has 2 unspecified atom stereocenters. The number of allylic oxidation sites excluding steroid dienone is 1. The van der Waals surface area contributed by atoms with Crippen LogP contribution in [0.1, 0.15) is 31.2 Å². The Morgan fingerprint density at radius 3 is 3.00 bits per heavy atom. The van der Waals surface area contributed by atoms with Crippen molar-refractivity contribution in [2.75, 3.05) is 32.8 Å². The third-order valence-corrected chi connectivity index (χ3v) is 7.57. The first-order valence-electron chi connectivity index (χ1n) is 11.2. The fourth-order valence-electron chi connectivity index (χ4n) is 4.23. The summed E-state index contributed by atoms with van der Waals surface area (Å²) >= 11 is 0. The van der Waals surface area contributed by atoms with Crippen molar-refractivity contribution in [3.05, 3.63) is 35.9 Å². The second-order valence-corrected chi connectivity index (χ2v) is 10.2. The van der Waals surface area contributed by atoms with Crippen molar-refractivity contribution in [3.8, 4) is 5.75 Å². The van der Waals surface area contributed by atoms with E-state index in [1.807, 2.05) is 6.08 Å². The van der Waals surface area contributed by atoms with Gasteiger partial charge in [0.05, 0.1) is 11.5 Å². The highest BCUT2D eigenvalue weighted by Crippen LogP contribution is 2.28. The number of nitrogens with zero attached hydrogens (tertiary/aromatic N) is 2. The van der Waals surface area contributed by atoms with Gasteiger partial charge in [0.25, 0.3) is 0 Å². The van der Waals surface area contributed by atoms with Gasteiger partial charge in [-0.05, 0) is 55.4 Å². The molecule has 1 amide bonds. The van der Waals surface area contributed by atoms with Crippen LogP contribution in [0, 0.1) is 5.92 Å². The molecule has 1 fully saturated rings. The molecule has 32 heavy (non-hydrogen) atoms. The standard InChI is InChI=1S/C22H31N5O4S/c23-22-24-14-16(15-25-22)5-1-3-10-27-11-4-2-6-19(21(27)28)26-32(29,30)18-7-8-20-17(13-18)9-12-31-20/h1,3,7-8,13,16,19,26H,2,4-6,9-12,14-15H2,(H3,23,24,25)/b3-1+. The quantitative estimate of drug-likeness (QED) is 0.515. The normalized spacial score (nSPS) is 23.9. The molecule has 2 atom stereocenters. The van der Waals surface area contributed by atoms with E-state index in [-0.39, 0.29) is 10.8 Å². The van der Waals surface area contributed by atoms with Crippen LogP contribution in [-0.4, -0.2) is 64.0 Å². The van der Waals surface area contributed by atoms with Crippen LogP contribution < -0.4 is 20.5 Å². The highest BCUT2D eigenvalue weighted by Gasteiger charge is 2.31. The third kappa shape index (κ3) is 5.42. The van der Waals surface area contributed by atoms with Crippen molar-refractivity contribution in [2.45, 2.75) is 43.0 Å². The van der Waals surface area contributed by atoms with Crippen LogP contribution in [-0.2, 0) is 21.2 Å². The van der Waals surface area contributed by atoms with Crippen LogP contribution in [0.3, 0.4) is 0 Å². The summed E-state index contributed by atoms with van der Waals surface area (Å²) in [5.41, 5.74) is 6.50. The van der Waals surface area contributed by atoms with E-state index in [0.717, 1.165) is 37.1 Å². The number of nitrogens with one attached hydrogen (secondary N) is 2. The molecule has 174 valence electrons. The van der Waals surface area contributed by atoms with Gasteiger partial charge in [-0.25, -0.2) is 8.42 Å². The van der Waals surface area contributed by atoms with Gasteiger partial charge in [-0.15, -0.1) is 0 Å². The number of ether oxygens (including phenoxy) is 1. The number of amides is 1. The molecule has 0 radical (unpaired) electrons. The Bertz CT molecular complexity index is 1010. The molecule has 0 saturated carbocycles. The topological polar surface area (TPSA) is 126 Å². The molecule has 3 aliphatic rings. The van der Waals surface area contributed by atoms with Crippen LogP contribution in [0.25, 0.3) is 0 Å². The van der Waals surface area contributed by atoms with Crippen molar-refractivity contribution >= 4 is 21.9 Å². The maximum Gasteiger partial charge on any atom is 0.241 e. The first-order chi connectivity index (χ1) is 15.4. The summed E-state index contributed by atoms with van der Waals surface area (Å²) in [6, 6.07) is 4.11. The van der Waals surface area contributed by atoms with Gasteiger partial charge in [-0.2, -0.15) is 4.72 Å². The molecule has 1 aromatic carbocycles. The van der Waals surface area contributed by atoms with Gasteiger partial charge < -0.3 is 20.7 Å². The zero-order chi connectivity index (χ0) is 22.6. The number of carbonyl (C=O) groups excluding carboxylic acids is 1. The number of rotatable bonds is 7. The van der Waals surface area contributed by atoms with Gasteiger partial charge in [0.15, 0.2) is 5.96 Å². The number of sulfonamides is 1. The molecule has 4 rings (SSSR count). The maximum absolute atomic E-state index is 13.1. The first kappa shape index (κ1) is 22.6. The van der Waals surface area contributed by atoms with Gasteiger partial charge in [-0.1, -0.05) is 12.2 Å². The molecule has 4 N–H and O–H groups in total. The summed E-state index contributed by atoms with van der Waals surface area (Å²) in [4.78, 5) is 19.2. The van der Waals surface area contributed by atoms with Gasteiger partial charge in [0.2, 0.25) is 15.9 Å². The van der Waals surface area contributed by atoms with E-state index in [9.17, 15) is 13.2 Å². The number of fused-ring (bicyclic) bond motifs is 1. The zero-order valence-electron chi connectivity index (χ0n) is 18.1. The van der Waals surface area contributed by atoms with Crippen LogP contribution in [0.15, 0.2) is 40.2 Å². The minimum Gasteiger partial charge on any atom is -0.493 e. The summed E-state index contributed by atoms with van der Waals surface area (Å²) in [6.45, 7) is 3.15. The fraction of sp³-hybridized carbons (Fsp3) is 0.545. The number of aliphatic imine (C=N–C) groups is 1. The van der Waals surface area contributed by atoms with E-state index in [1.165, 1.54) is 6.07 Å². The second-order valence-electron chi connectivity index (χ2n) is 8.50. The van der Waals surface area contributed by atoms with Crippen LogP contribution in [0.4, 0.5) is 0 Å². The summed E-state index contributed by atoms with van der Waals surface area (Å²) in [7, 11) is -3.80. The third-order valence-electron chi connectivity index (χ3n) is 6.10. The lowest BCUT2D eigenvalue weighted by atomic mass is 10.0. The van der Waals surface area contributed by atoms with Gasteiger partial charge in [0, 0.05) is 32.6 Å². The smallest absolute Gasteiger partial charge is 0.241 e. The molecule has 0 spiro atoms. The maximum atomic E-state index is 13.1. The number of hydrogen-bond donors (Lipinski definition) is 3. The largest absolute Gasteiger partial charge is 0.493 e. The molecular weight excluding hydrogens is 430 g/mol. The molecule has 0 bridgehead atoms. The van der Waals surface area contributed by atoms with Crippen molar-refractivity contribution in [2.24, 2.45) is 16.6 Å². The number of likely N-dealkylation sites (tertiary alicyclic amines) is 1. The molecule has 1 saturated heterocycles. The first-order valence-corrected chi connectivity index (χ1v) is 12.7. The van der Waals surface area contributed by atoms with Gasteiger partial charge >= 0.3 is 0 Å². The average Bonchev–Trinajstić information content (AvgIpc) is 3.19. The molecule has 0 aliphatic carbocycles. The zero-order valence-corrected chi connectivity index (χ0v) is 18.9. The summed E-state index contributed by atoms with van der Waals surface area (Å²) in [5.74, 6) is 1.43. The van der Waals surface area contributed by atoms with Crippen LogP contribution in [0.5, 0.6) is 5.75 Å². The van der Waals surface area contributed by atoms with E-state index in [0.29, 0.717) is 51.0 Å². The Hall–Kier alpha value is -2.59. The molecule has 10 heteroatoms. The Labute approximate surface area is 189 Å². The predicted octanol–water partition coefficient (Wildman–Crippen LogP) is 0.761.